The van der Waals surface area contributed by atoms with E-state index in [9.17, 15) is 14.9 Å². The van der Waals surface area contributed by atoms with Crippen molar-refractivity contribution in [2.75, 3.05) is 19.5 Å². The fourth-order valence-electron chi connectivity index (χ4n) is 1.36. The first-order chi connectivity index (χ1) is 8.53. The Labute approximate surface area is 104 Å². The van der Waals surface area contributed by atoms with Crippen molar-refractivity contribution in [1.29, 1.82) is 0 Å². The number of hydrogen-bond acceptors (Lipinski definition) is 5. The zero-order valence-electron chi connectivity index (χ0n) is 10.4. The highest BCUT2D eigenvalue weighted by Gasteiger charge is 2.20. The lowest BCUT2D eigenvalue weighted by Crippen LogP contribution is -2.11. The molecular formula is C11H14N2O5. The summed E-state index contributed by atoms with van der Waals surface area (Å²) in [6.45, 7) is 1.65. The van der Waals surface area contributed by atoms with Crippen LogP contribution < -0.4 is 14.8 Å². The van der Waals surface area contributed by atoms with Crippen molar-refractivity contribution in [2.45, 2.75) is 13.3 Å². The summed E-state index contributed by atoms with van der Waals surface area (Å²) in [7, 11) is 2.79. The van der Waals surface area contributed by atoms with Crippen LogP contribution in [0.15, 0.2) is 12.1 Å². The van der Waals surface area contributed by atoms with Gasteiger partial charge in [-0.1, -0.05) is 6.92 Å². The lowest BCUT2D eigenvalue weighted by atomic mass is 10.2. The summed E-state index contributed by atoms with van der Waals surface area (Å²) in [6.07, 6.45) is 0.228. The van der Waals surface area contributed by atoms with E-state index in [1.807, 2.05) is 0 Å². The third-order valence-corrected chi connectivity index (χ3v) is 2.29. The van der Waals surface area contributed by atoms with Crippen molar-refractivity contribution < 1.29 is 19.2 Å². The number of amides is 1. The Kier molecular flexibility index (Phi) is 4.47. The van der Waals surface area contributed by atoms with Crippen molar-refractivity contribution in [1.82, 2.24) is 0 Å². The van der Waals surface area contributed by atoms with Crippen LogP contribution in [0.2, 0.25) is 0 Å². The maximum Gasteiger partial charge on any atom is 0.296 e. The molecule has 1 rings (SSSR count). The van der Waals surface area contributed by atoms with E-state index in [1.165, 1.54) is 26.4 Å². The zero-order valence-corrected chi connectivity index (χ0v) is 10.4. The summed E-state index contributed by atoms with van der Waals surface area (Å²) in [5.74, 6) is 0.235. The predicted octanol–water partition coefficient (Wildman–Crippen LogP) is 1.96. The Morgan fingerprint density at radius 2 is 1.89 bits per heavy atom. The number of carbonyl (C=O) groups is 1. The fraction of sp³-hybridized carbons (Fsp3) is 0.364. The molecule has 0 aliphatic rings. The quantitative estimate of drug-likeness (QED) is 0.640. The smallest absolute Gasteiger partial charge is 0.296 e. The van der Waals surface area contributed by atoms with Crippen molar-refractivity contribution in [3.63, 3.8) is 0 Å². The molecule has 1 amide bonds. The fourth-order valence-corrected chi connectivity index (χ4v) is 1.36. The molecule has 0 atom stereocenters. The van der Waals surface area contributed by atoms with Gasteiger partial charge in [0.15, 0.2) is 11.5 Å². The lowest BCUT2D eigenvalue weighted by Gasteiger charge is -2.10. The number of methoxy groups -OCH3 is 2. The maximum absolute atomic E-state index is 11.3. The molecule has 7 nitrogen and oxygen atoms in total. The van der Waals surface area contributed by atoms with Gasteiger partial charge in [-0.25, -0.2) is 0 Å². The zero-order chi connectivity index (χ0) is 13.7. The largest absolute Gasteiger partial charge is 0.493 e. The van der Waals surface area contributed by atoms with Crippen LogP contribution in [0.4, 0.5) is 11.4 Å². The molecule has 0 aliphatic heterocycles. The first-order valence-corrected chi connectivity index (χ1v) is 5.23. The van der Waals surface area contributed by atoms with Gasteiger partial charge in [0.25, 0.3) is 5.69 Å². The second-order valence-corrected chi connectivity index (χ2v) is 3.38. The molecule has 0 fully saturated rings. The molecule has 1 aromatic rings. The molecule has 0 aliphatic carbocycles. The molecule has 0 bridgehead atoms. The Morgan fingerprint density at radius 1 is 1.33 bits per heavy atom. The second-order valence-electron chi connectivity index (χ2n) is 3.38. The highest BCUT2D eigenvalue weighted by molar-refractivity contribution is 5.93. The van der Waals surface area contributed by atoms with Gasteiger partial charge in [0.05, 0.1) is 25.2 Å². The minimum atomic E-state index is -0.590. The SMILES string of the molecule is CCC(=O)Nc1cc(OC)c(OC)cc1[N+](=O)[O-]. The van der Waals surface area contributed by atoms with Gasteiger partial charge in [-0.15, -0.1) is 0 Å². The van der Waals surface area contributed by atoms with E-state index in [-0.39, 0.29) is 29.5 Å². The van der Waals surface area contributed by atoms with Gasteiger partial charge in [-0.2, -0.15) is 0 Å². The van der Waals surface area contributed by atoms with E-state index >= 15 is 0 Å². The van der Waals surface area contributed by atoms with E-state index in [2.05, 4.69) is 5.32 Å². The number of ether oxygens (including phenoxy) is 2. The summed E-state index contributed by atoms with van der Waals surface area (Å²) in [4.78, 5) is 21.6. The minimum Gasteiger partial charge on any atom is -0.493 e. The van der Waals surface area contributed by atoms with Crippen LogP contribution in [0.3, 0.4) is 0 Å². The van der Waals surface area contributed by atoms with Gasteiger partial charge in [0, 0.05) is 12.5 Å². The Morgan fingerprint density at radius 3 is 2.33 bits per heavy atom. The van der Waals surface area contributed by atoms with Crippen LogP contribution in [-0.4, -0.2) is 25.1 Å². The second kappa shape index (κ2) is 5.85. The van der Waals surface area contributed by atoms with Crippen LogP contribution >= 0.6 is 0 Å². The van der Waals surface area contributed by atoms with Gasteiger partial charge in [0.2, 0.25) is 5.91 Å². The highest BCUT2D eigenvalue weighted by Crippen LogP contribution is 2.37. The molecule has 0 aromatic heterocycles. The van der Waals surface area contributed by atoms with E-state index in [0.29, 0.717) is 5.75 Å². The van der Waals surface area contributed by atoms with Crippen LogP contribution in [0.25, 0.3) is 0 Å². The molecule has 0 radical (unpaired) electrons. The summed E-state index contributed by atoms with van der Waals surface area (Å²) in [5, 5.41) is 13.4. The molecule has 0 spiro atoms. The first kappa shape index (κ1) is 13.8. The molecule has 0 heterocycles. The van der Waals surface area contributed by atoms with Crippen molar-refractivity contribution in [2.24, 2.45) is 0 Å². The van der Waals surface area contributed by atoms with Crippen molar-refractivity contribution >= 4 is 17.3 Å². The summed E-state index contributed by atoms with van der Waals surface area (Å²) < 4.78 is 10.00. The normalized spacial score (nSPS) is 9.72. The van der Waals surface area contributed by atoms with Crippen LogP contribution in [0.5, 0.6) is 11.5 Å². The van der Waals surface area contributed by atoms with Gasteiger partial charge in [-0.05, 0) is 0 Å². The van der Waals surface area contributed by atoms with Crippen LogP contribution in [0, 0.1) is 10.1 Å². The number of nitro groups is 1. The third-order valence-electron chi connectivity index (χ3n) is 2.29. The lowest BCUT2D eigenvalue weighted by molar-refractivity contribution is -0.384. The number of carbonyl (C=O) groups excluding carboxylic acids is 1. The monoisotopic (exact) mass is 254 g/mol. The van der Waals surface area contributed by atoms with E-state index < -0.39 is 4.92 Å². The van der Waals surface area contributed by atoms with Gasteiger partial charge < -0.3 is 14.8 Å². The molecular weight excluding hydrogens is 240 g/mol. The van der Waals surface area contributed by atoms with E-state index in [0.717, 1.165) is 0 Å². The number of nitrogens with zero attached hydrogens (tertiary/aromatic N) is 1. The Hall–Kier alpha value is -2.31. The molecule has 18 heavy (non-hydrogen) atoms. The molecule has 0 saturated carbocycles. The molecule has 1 N–H and O–H groups in total. The Balaban J connectivity index is 3.28. The van der Waals surface area contributed by atoms with Crippen molar-refractivity contribution in [3.05, 3.63) is 22.2 Å². The average Bonchev–Trinajstić information content (AvgIpc) is 2.37. The maximum atomic E-state index is 11.3. The summed E-state index contributed by atoms with van der Waals surface area (Å²) in [5.41, 5.74) is -0.154. The number of nitro benzene ring substituents is 1. The number of anilines is 1. The molecule has 1 aromatic carbocycles. The van der Waals surface area contributed by atoms with Gasteiger partial charge in [-0.3, -0.25) is 14.9 Å². The average molecular weight is 254 g/mol. The standard InChI is InChI=1S/C11H14N2O5/c1-4-11(14)12-7-5-9(17-2)10(18-3)6-8(7)13(15)16/h5-6H,4H2,1-3H3,(H,12,14). The highest BCUT2D eigenvalue weighted by atomic mass is 16.6. The summed E-state index contributed by atoms with van der Waals surface area (Å²) >= 11 is 0. The van der Waals surface area contributed by atoms with Gasteiger partial charge >= 0.3 is 0 Å². The minimum absolute atomic E-state index is 0.0875. The topological polar surface area (TPSA) is 90.7 Å². The number of nitrogens with one attached hydrogen (secondary N) is 1. The van der Waals surface area contributed by atoms with Crippen LogP contribution in [0.1, 0.15) is 13.3 Å². The predicted molar refractivity (Wildman–Crippen MR) is 65.1 cm³/mol. The number of rotatable bonds is 5. The molecule has 0 unspecified atom stereocenters. The van der Waals surface area contributed by atoms with E-state index in [1.54, 1.807) is 6.92 Å². The third kappa shape index (κ3) is 2.88. The molecule has 0 saturated heterocycles. The molecule has 98 valence electrons. The van der Waals surface area contributed by atoms with Crippen molar-refractivity contribution in [3.8, 4) is 11.5 Å². The van der Waals surface area contributed by atoms with E-state index in [4.69, 9.17) is 9.47 Å². The number of benzene rings is 1. The summed E-state index contributed by atoms with van der Waals surface area (Å²) in [6, 6.07) is 2.58. The Bertz CT molecular complexity index is 473. The van der Waals surface area contributed by atoms with Gasteiger partial charge in [0.1, 0.15) is 5.69 Å². The molecule has 7 heteroatoms. The first-order valence-electron chi connectivity index (χ1n) is 5.23. The number of hydrogen-bond donors (Lipinski definition) is 1. The van der Waals surface area contributed by atoms with Crippen LogP contribution in [-0.2, 0) is 4.79 Å².